The van der Waals surface area contributed by atoms with Gasteiger partial charge in [-0.1, -0.05) is 20.8 Å². The molecule has 0 saturated heterocycles. The van der Waals surface area contributed by atoms with Crippen LogP contribution in [-0.4, -0.2) is 51.8 Å². The van der Waals surface area contributed by atoms with Gasteiger partial charge in [0.1, 0.15) is 16.7 Å². The molecule has 160 valence electrons. The number of thiazole rings is 1. The number of hydrogen-bond acceptors (Lipinski definition) is 6. The van der Waals surface area contributed by atoms with E-state index in [1.807, 2.05) is 34.6 Å². The van der Waals surface area contributed by atoms with E-state index in [0.717, 1.165) is 6.42 Å². The Balaban J connectivity index is 3.12. The summed E-state index contributed by atoms with van der Waals surface area (Å²) in [6, 6.07) is -0.122. The fraction of sp³-hybridized carbons (Fsp3) is 0.750. The fourth-order valence-corrected chi connectivity index (χ4v) is 3.76. The molecule has 0 aliphatic rings. The van der Waals surface area contributed by atoms with E-state index in [0.29, 0.717) is 24.6 Å². The molecule has 0 radical (unpaired) electrons. The number of rotatable bonds is 10. The lowest BCUT2D eigenvalue weighted by atomic mass is 9.96. The van der Waals surface area contributed by atoms with Crippen LogP contribution >= 0.6 is 11.3 Å². The Morgan fingerprint density at radius 3 is 2.36 bits per heavy atom. The van der Waals surface area contributed by atoms with Crippen LogP contribution in [0.3, 0.4) is 0 Å². The van der Waals surface area contributed by atoms with Gasteiger partial charge in [-0.15, -0.1) is 11.3 Å². The number of amides is 1. The zero-order valence-corrected chi connectivity index (χ0v) is 18.8. The molecule has 28 heavy (non-hydrogen) atoms. The predicted molar refractivity (Wildman–Crippen MR) is 110 cm³/mol. The van der Waals surface area contributed by atoms with Crippen LogP contribution in [0.4, 0.5) is 4.79 Å². The zero-order chi connectivity index (χ0) is 21.5. The first kappa shape index (κ1) is 24.4. The normalized spacial score (nSPS) is 14.0. The van der Waals surface area contributed by atoms with Gasteiger partial charge >= 0.3 is 12.1 Å². The number of hydrogen-bond donors (Lipinski definition) is 1. The van der Waals surface area contributed by atoms with Crippen LogP contribution in [0.1, 0.15) is 82.9 Å². The van der Waals surface area contributed by atoms with Crippen molar-refractivity contribution in [2.45, 2.75) is 79.1 Å². The lowest BCUT2D eigenvalue weighted by molar-refractivity contribution is -0.00778. The average molecular weight is 415 g/mol. The third-order valence-electron chi connectivity index (χ3n) is 4.10. The highest BCUT2D eigenvalue weighted by Crippen LogP contribution is 2.31. The Hall–Kier alpha value is -1.67. The molecule has 0 bridgehead atoms. The Labute approximate surface area is 172 Å². The van der Waals surface area contributed by atoms with Crippen molar-refractivity contribution < 1.29 is 24.2 Å². The van der Waals surface area contributed by atoms with Gasteiger partial charge in [-0.25, -0.2) is 14.6 Å². The lowest BCUT2D eigenvalue weighted by Crippen LogP contribution is -2.47. The molecule has 1 N–H and O–H groups in total. The molecule has 0 saturated carbocycles. The molecular formula is C20H34N2O5S. The second-order valence-corrected chi connectivity index (χ2v) is 8.93. The second-order valence-electron chi connectivity index (χ2n) is 8.04. The first-order chi connectivity index (χ1) is 13.0. The highest BCUT2D eigenvalue weighted by Gasteiger charge is 2.33. The minimum atomic E-state index is -1.06. The van der Waals surface area contributed by atoms with Crippen molar-refractivity contribution in [1.29, 1.82) is 0 Å². The van der Waals surface area contributed by atoms with Crippen LogP contribution in [0.2, 0.25) is 0 Å². The van der Waals surface area contributed by atoms with E-state index < -0.39 is 11.6 Å². The SMILES string of the molecule is CCCN(C(=O)OC(C)(C)C)C(C[C@H](OCC)c1nc(C(=O)O)cs1)C(C)C. The largest absolute Gasteiger partial charge is 0.476 e. The van der Waals surface area contributed by atoms with E-state index in [1.54, 1.807) is 4.90 Å². The molecule has 1 amide bonds. The van der Waals surface area contributed by atoms with E-state index in [1.165, 1.54) is 16.7 Å². The van der Waals surface area contributed by atoms with Crippen LogP contribution in [-0.2, 0) is 9.47 Å². The number of aromatic nitrogens is 1. The molecule has 7 nitrogen and oxygen atoms in total. The maximum Gasteiger partial charge on any atom is 0.410 e. The van der Waals surface area contributed by atoms with Crippen LogP contribution in [0, 0.1) is 5.92 Å². The minimum absolute atomic E-state index is 0.0170. The summed E-state index contributed by atoms with van der Waals surface area (Å²) in [7, 11) is 0. The summed E-state index contributed by atoms with van der Waals surface area (Å²) in [5.41, 5.74) is -0.557. The van der Waals surface area contributed by atoms with E-state index in [2.05, 4.69) is 18.8 Å². The summed E-state index contributed by atoms with van der Waals surface area (Å²) < 4.78 is 11.5. The molecule has 1 aromatic rings. The molecule has 0 aliphatic carbocycles. The maximum atomic E-state index is 12.8. The molecule has 0 fully saturated rings. The number of aromatic carboxylic acids is 1. The average Bonchev–Trinajstić information content (AvgIpc) is 3.05. The highest BCUT2D eigenvalue weighted by molar-refractivity contribution is 7.09. The third-order valence-corrected chi connectivity index (χ3v) is 5.04. The maximum absolute atomic E-state index is 12.8. The number of nitrogens with zero attached hydrogens (tertiary/aromatic N) is 2. The Bertz CT molecular complexity index is 639. The van der Waals surface area contributed by atoms with Crippen LogP contribution in [0.5, 0.6) is 0 Å². The zero-order valence-electron chi connectivity index (χ0n) is 18.0. The standard InChI is InChI=1S/C20H34N2O5S/c1-8-10-22(19(25)27-20(5,6)7)15(13(3)4)11-16(26-9-2)17-21-14(12-28-17)18(23)24/h12-13,15-16H,8-11H2,1-7H3,(H,23,24)/t15?,16-/m0/s1. The second kappa shape index (κ2) is 10.8. The van der Waals surface area contributed by atoms with Gasteiger partial charge in [0.15, 0.2) is 5.69 Å². The smallest absolute Gasteiger partial charge is 0.410 e. The quantitative estimate of drug-likeness (QED) is 0.581. The number of carbonyl (C=O) groups is 2. The first-order valence-electron chi connectivity index (χ1n) is 9.80. The number of carboxylic acids is 1. The van der Waals surface area contributed by atoms with Gasteiger partial charge in [-0.05, 0) is 40.0 Å². The molecular weight excluding hydrogens is 380 g/mol. The van der Waals surface area contributed by atoms with Gasteiger partial charge in [0, 0.05) is 31.0 Å². The fourth-order valence-electron chi connectivity index (χ4n) is 2.91. The van der Waals surface area contributed by atoms with E-state index >= 15 is 0 Å². The van der Waals surface area contributed by atoms with Crippen molar-refractivity contribution in [3.63, 3.8) is 0 Å². The van der Waals surface area contributed by atoms with Crippen molar-refractivity contribution in [2.75, 3.05) is 13.2 Å². The van der Waals surface area contributed by atoms with Crippen molar-refractivity contribution in [3.05, 3.63) is 16.1 Å². The predicted octanol–water partition coefficient (Wildman–Crippen LogP) is 4.98. The van der Waals surface area contributed by atoms with Crippen LogP contribution in [0.25, 0.3) is 0 Å². The lowest BCUT2D eigenvalue weighted by Gasteiger charge is -2.37. The Morgan fingerprint density at radius 1 is 1.29 bits per heavy atom. The highest BCUT2D eigenvalue weighted by atomic mass is 32.1. The summed E-state index contributed by atoms with van der Waals surface area (Å²) in [6.45, 7) is 14.6. The number of ether oxygens (including phenoxy) is 2. The van der Waals surface area contributed by atoms with Crippen molar-refractivity contribution in [2.24, 2.45) is 5.92 Å². The van der Waals surface area contributed by atoms with Gasteiger partial charge in [0.2, 0.25) is 0 Å². The molecule has 1 unspecified atom stereocenters. The summed E-state index contributed by atoms with van der Waals surface area (Å²) in [6.07, 6.45) is 0.616. The van der Waals surface area contributed by atoms with E-state index in [-0.39, 0.29) is 29.9 Å². The van der Waals surface area contributed by atoms with Gasteiger partial charge in [0.05, 0.1) is 0 Å². The van der Waals surface area contributed by atoms with Crippen LogP contribution < -0.4 is 0 Å². The van der Waals surface area contributed by atoms with E-state index in [9.17, 15) is 9.59 Å². The van der Waals surface area contributed by atoms with Crippen molar-refractivity contribution in [1.82, 2.24) is 9.88 Å². The van der Waals surface area contributed by atoms with Gasteiger partial charge in [-0.3, -0.25) is 0 Å². The number of carbonyl (C=O) groups excluding carboxylic acids is 1. The molecule has 0 aliphatic heterocycles. The van der Waals surface area contributed by atoms with E-state index in [4.69, 9.17) is 14.6 Å². The van der Waals surface area contributed by atoms with Crippen LogP contribution in [0.15, 0.2) is 5.38 Å². The molecule has 1 heterocycles. The first-order valence-corrected chi connectivity index (χ1v) is 10.7. The monoisotopic (exact) mass is 414 g/mol. The Morgan fingerprint density at radius 2 is 1.93 bits per heavy atom. The molecule has 1 rings (SSSR count). The summed E-state index contributed by atoms with van der Waals surface area (Å²) in [5.74, 6) is -0.888. The molecule has 2 atom stereocenters. The summed E-state index contributed by atoms with van der Waals surface area (Å²) >= 11 is 1.27. The van der Waals surface area contributed by atoms with Crippen molar-refractivity contribution in [3.8, 4) is 0 Å². The third kappa shape index (κ3) is 7.39. The minimum Gasteiger partial charge on any atom is -0.476 e. The van der Waals surface area contributed by atoms with Crippen molar-refractivity contribution >= 4 is 23.4 Å². The summed E-state index contributed by atoms with van der Waals surface area (Å²) in [4.78, 5) is 30.0. The van der Waals surface area contributed by atoms with Gasteiger partial charge in [-0.2, -0.15) is 0 Å². The summed E-state index contributed by atoms with van der Waals surface area (Å²) in [5, 5.41) is 11.3. The molecule has 0 spiro atoms. The molecule has 1 aromatic heterocycles. The van der Waals surface area contributed by atoms with Gasteiger partial charge in [0.25, 0.3) is 0 Å². The molecule has 8 heteroatoms. The Kier molecular flexibility index (Phi) is 9.36. The van der Waals surface area contributed by atoms with Gasteiger partial charge < -0.3 is 19.5 Å². The topological polar surface area (TPSA) is 89.0 Å². The number of carboxylic acid groups (broad SMARTS) is 1. The molecule has 0 aromatic carbocycles.